The molecule has 2 N–H and O–H groups in total. The van der Waals surface area contributed by atoms with Crippen LogP contribution in [0, 0.1) is 0 Å². The number of carbonyl (C=O) groups excluding carboxylic acids is 2. The summed E-state index contributed by atoms with van der Waals surface area (Å²) in [6.07, 6.45) is 1.04. The third kappa shape index (κ3) is 4.38. The van der Waals surface area contributed by atoms with Gasteiger partial charge in [0, 0.05) is 23.2 Å². The first-order chi connectivity index (χ1) is 15.8. The monoisotopic (exact) mass is 444 g/mol. The van der Waals surface area contributed by atoms with Crippen LogP contribution in [-0.4, -0.2) is 46.1 Å². The van der Waals surface area contributed by atoms with Crippen LogP contribution in [0.25, 0.3) is 21.9 Å². The molecule has 5 heteroatoms. The molecule has 1 saturated carbocycles. The summed E-state index contributed by atoms with van der Waals surface area (Å²) in [5.41, 5.74) is 3.00. The van der Waals surface area contributed by atoms with Gasteiger partial charge in [-0.05, 0) is 74.6 Å². The molecule has 1 fully saturated rings. The van der Waals surface area contributed by atoms with Crippen LogP contribution in [0.2, 0.25) is 0 Å². The van der Waals surface area contributed by atoms with Gasteiger partial charge < -0.3 is 15.3 Å². The molecular weight excluding hydrogens is 412 g/mol. The lowest BCUT2D eigenvalue weighted by molar-refractivity contribution is 0.0448. The maximum atomic E-state index is 13.6. The molecule has 3 aromatic carbocycles. The van der Waals surface area contributed by atoms with Crippen LogP contribution >= 0.6 is 0 Å². The lowest BCUT2D eigenvalue weighted by atomic mass is 9.88. The van der Waals surface area contributed by atoms with Gasteiger partial charge >= 0.3 is 0 Å². The Morgan fingerprint density at radius 1 is 0.818 bits per heavy atom. The van der Waals surface area contributed by atoms with E-state index in [9.17, 15) is 14.7 Å². The summed E-state index contributed by atoms with van der Waals surface area (Å²) in [6.45, 7) is 8.12. The molecule has 33 heavy (non-hydrogen) atoms. The second-order valence-electron chi connectivity index (χ2n) is 9.38. The molecule has 0 aliphatic heterocycles. The lowest BCUT2D eigenvalue weighted by Gasteiger charge is -2.33. The predicted molar refractivity (Wildman–Crippen MR) is 132 cm³/mol. The standard InChI is InChI=1S/C28H32N2O3/c1-17(2)30(18(3)4)28(33)24-10-6-5-9-22(24)20-11-7-13-21-19(20)12-8-14-23(21)27(32)29-25-15-16-26(25)31/h5-14,17-18,25-26,31H,15-16H2,1-4H3,(H,29,32)/t25-,26+/m0/s1. The zero-order valence-corrected chi connectivity index (χ0v) is 19.7. The summed E-state index contributed by atoms with van der Waals surface area (Å²) >= 11 is 0. The average molecular weight is 445 g/mol. The molecule has 1 aliphatic carbocycles. The van der Waals surface area contributed by atoms with Crippen LogP contribution in [-0.2, 0) is 0 Å². The SMILES string of the molecule is CC(C)N(C(=O)c1ccccc1-c1cccc2c(C(=O)N[C@H]3CC[C@H]3O)cccc12)C(C)C. The van der Waals surface area contributed by atoms with Crippen molar-refractivity contribution in [2.24, 2.45) is 0 Å². The quantitative estimate of drug-likeness (QED) is 0.561. The zero-order chi connectivity index (χ0) is 23.7. The summed E-state index contributed by atoms with van der Waals surface area (Å²) < 4.78 is 0. The van der Waals surface area contributed by atoms with E-state index in [0.29, 0.717) is 11.1 Å². The Hall–Kier alpha value is -3.18. The number of aliphatic hydroxyl groups is 1. The van der Waals surface area contributed by atoms with Crippen LogP contribution < -0.4 is 5.32 Å². The summed E-state index contributed by atoms with van der Waals surface area (Å²) in [4.78, 5) is 28.4. The first-order valence-electron chi connectivity index (χ1n) is 11.7. The van der Waals surface area contributed by atoms with Gasteiger partial charge in [0.05, 0.1) is 12.1 Å². The van der Waals surface area contributed by atoms with Crippen molar-refractivity contribution < 1.29 is 14.7 Å². The van der Waals surface area contributed by atoms with Gasteiger partial charge in [0.1, 0.15) is 0 Å². The third-order valence-corrected chi connectivity index (χ3v) is 6.52. The van der Waals surface area contributed by atoms with Crippen molar-refractivity contribution in [1.82, 2.24) is 10.2 Å². The predicted octanol–water partition coefficient (Wildman–Crippen LogP) is 5.02. The number of carbonyl (C=O) groups is 2. The smallest absolute Gasteiger partial charge is 0.254 e. The van der Waals surface area contributed by atoms with E-state index < -0.39 is 6.10 Å². The fourth-order valence-electron chi connectivity index (χ4n) is 4.75. The number of amides is 2. The number of aliphatic hydroxyl groups excluding tert-OH is 1. The van der Waals surface area contributed by atoms with Gasteiger partial charge in [0.2, 0.25) is 0 Å². The van der Waals surface area contributed by atoms with E-state index in [4.69, 9.17) is 0 Å². The fourth-order valence-corrected chi connectivity index (χ4v) is 4.75. The van der Waals surface area contributed by atoms with E-state index >= 15 is 0 Å². The Bertz CT molecular complexity index is 1180. The van der Waals surface area contributed by atoms with E-state index in [2.05, 4.69) is 5.32 Å². The fraction of sp³-hybridized carbons (Fsp3) is 0.357. The summed E-state index contributed by atoms with van der Waals surface area (Å²) in [6, 6.07) is 19.2. The first kappa shape index (κ1) is 23.0. The average Bonchev–Trinajstić information content (AvgIpc) is 2.80. The summed E-state index contributed by atoms with van der Waals surface area (Å²) in [5, 5.41) is 14.6. The van der Waals surface area contributed by atoms with Crippen molar-refractivity contribution in [3.63, 3.8) is 0 Å². The van der Waals surface area contributed by atoms with Gasteiger partial charge in [-0.2, -0.15) is 0 Å². The van der Waals surface area contributed by atoms with Crippen molar-refractivity contribution in [3.05, 3.63) is 71.8 Å². The van der Waals surface area contributed by atoms with Crippen molar-refractivity contribution in [2.45, 2.75) is 64.8 Å². The molecule has 0 spiro atoms. The second kappa shape index (κ2) is 9.36. The Morgan fingerprint density at radius 2 is 1.42 bits per heavy atom. The van der Waals surface area contributed by atoms with Crippen LogP contribution in [0.5, 0.6) is 0 Å². The number of hydrogen-bond acceptors (Lipinski definition) is 3. The largest absolute Gasteiger partial charge is 0.391 e. The van der Waals surface area contributed by atoms with E-state index in [1.54, 1.807) is 0 Å². The van der Waals surface area contributed by atoms with E-state index in [1.165, 1.54) is 0 Å². The van der Waals surface area contributed by atoms with Gasteiger partial charge in [0.25, 0.3) is 11.8 Å². The number of nitrogens with zero attached hydrogens (tertiary/aromatic N) is 1. The van der Waals surface area contributed by atoms with Gasteiger partial charge in [-0.25, -0.2) is 0 Å². The minimum Gasteiger partial charge on any atom is -0.391 e. The molecular formula is C28H32N2O3. The maximum Gasteiger partial charge on any atom is 0.254 e. The Balaban J connectivity index is 1.79. The molecule has 0 saturated heterocycles. The second-order valence-corrected chi connectivity index (χ2v) is 9.38. The van der Waals surface area contributed by atoms with Crippen LogP contribution in [0.3, 0.4) is 0 Å². The van der Waals surface area contributed by atoms with Crippen LogP contribution in [0.15, 0.2) is 60.7 Å². The van der Waals surface area contributed by atoms with E-state index in [1.807, 2.05) is 93.3 Å². The highest BCUT2D eigenvalue weighted by Gasteiger charge is 2.31. The van der Waals surface area contributed by atoms with Crippen molar-refractivity contribution in [3.8, 4) is 11.1 Å². The molecule has 3 aromatic rings. The summed E-state index contributed by atoms with van der Waals surface area (Å²) in [5.74, 6) is -0.183. The number of rotatable bonds is 6. The number of fused-ring (bicyclic) bond motifs is 1. The number of hydrogen-bond donors (Lipinski definition) is 2. The van der Waals surface area contributed by atoms with Crippen molar-refractivity contribution in [2.75, 3.05) is 0 Å². The Morgan fingerprint density at radius 3 is 2.06 bits per heavy atom. The molecule has 0 heterocycles. The Labute approximate surface area is 195 Å². The number of nitrogens with one attached hydrogen (secondary N) is 1. The van der Waals surface area contributed by atoms with E-state index in [-0.39, 0.29) is 29.9 Å². The molecule has 0 unspecified atom stereocenters. The molecule has 1 aliphatic rings. The number of benzene rings is 3. The highest BCUT2D eigenvalue weighted by Crippen LogP contribution is 2.34. The highest BCUT2D eigenvalue weighted by atomic mass is 16.3. The summed E-state index contributed by atoms with van der Waals surface area (Å²) in [7, 11) is 0. The van der Waals surface area contributed by atoms with Gasteiger partial charge in [-0.3, -0.25) is 9.59 Å². The van der Waals surface area contributed by atoms with Gasteiger partial charge in [-0.1, -0.05) is 48.5 Å². The molecule has 172 valence electrons. The molecule has 2 atom stereocenters. The van der Waals surface area contributed by atoms with Gasteiger partial charge in [0.15, 0.2) is 0 Å². The van der Waals surface area contributed by atoms with Crippen LogP contribution in [0.1, 0.15) is 61.3 Å². The third-order valence-electron chi connectivity index (χ3n) is 6.52. The lowest BCUT2D eigenvalue weighted by Crippen LogP contribution is -2.50. The molecule has 0 aromatic heterocycles. The molecule has 5 nitrogen and oxygen atoms in total. The highest BCUT2D eigenvalue weighted by molar-refractivity contribution is 6.12. The topological polar surface area (TPSA) is 69.6 Å². The minimum atomic E-state index is -0.470. The van der Waals surface area contributed by atoms with Gasteiger partial charge in [-0.15, -0.1) is 0 Å². The van der Waals surface area contributed by atoms with Crippen LogP contribution in [0.4, 0.5) is 0 Å². The first-order valence-corrected chi connectivity index (χ1v) is 11.7. The molecule has 0 bridgehead atoms. The normalized spacial score (nSPS) is 17.8. The van der Waals surface area contributed by atoms with Crippen molar-refractivity contribution >= 4 is 22.6 Å². The van der Waals surface area contributed by atoms with E-state index in [0.717, 1.165) is 34.7 Å². The minimum absolute atomic E-state index is 0.000437. The Kier molecular flexibility index (Phi) is 6.52. The molecule has 4 rings (SSSR count). The van der Waals surface area contributed by atoms with Crippen molar-refractivity contribution in [1.29, 1.82) is 0 Å². The molecule has 2 amide bonds. The maximum absolute atomic E-state index is 13.6. The zero-order valence-electron chi connectivity index (χ0n) is 19.7. The molecule has 0 radical (unpaired) electrons.